The number of aromatic nitrogens is 4. The van der Waals surface area contributed by atoms with Crippen LogP contribution in [0.2, 0.25) is 0 Å². The molecule has 4 rings (SSSR count). The molecule has 0 unspecified atom stereocenters. The van der Waals surface area contributed by atoms with E-state index < -0.39 is 5.92 Å². The highest BCUT2D eigenvalue weighted by atomic mass is 19.3. The Balaban J connectivity index is 1.77. The van der Waals surface area contributed by atoms with Gasteiger partial charge in [-0.15, -0.1) is 0 Å². The van der Waals surface area contributed by atoms with Crippen LogP contribution in [0.25, 0.3) is 11.2 Å². The molecule has 3 heterocycles. The third-order valence-corrected chi connectivity index (χ3v) is 5.01. The quantitative estimate of drug-likeness (QED) is 0.726. The summed E-state index contributed by atoms with van der Waals surface area (Å²) in [5.74, 6) is -0.802. The highest BCUT2D eigenvalue weighted by Crippen LogP contribution is 2.34. The Morgan fingerprint density at radius 2 is 1.82 bits per heavy atom. The Labute approximate surface area is 163 Å². The number of fused-ring (bicyclic) bond motifs is 1. The summed E-state index contributed by atoms with van der Waals surface area (Å²) in [6, 6.07) is 8.26. The van der Waals surface area contributed by atoms with E-state index >= 15 is 0 Å². The second kappa shape index (κ2) is 6.50. The van der Waals surface area contributed by atoms with Crippen LogP contribution < -0.4 is 4.90 Å². The summed E-state index contributed by atoms with van der Waals surface area (Å²) in [6.45, 7) is 8.03. The summed E-state index contributed by atoms with van der Waals surface area (Å²) in [6.07, 6.45) is 0.463. The van der Waals surface area contributed by atoms with Crippen molar-refractivity contribution in [1.82, 2.24) is 19.9 Å². The lowest BCUT2D eigenvalue weighted by atomic mass is 9.96. The number of nitrogens with one attached hydrogen (secondary N) is 1. The molecule has 1 aliphatic rings. The first kappa shape index (κ1) is 18.8. The van der Waals surface area contributed by atoms with E-state index in [0.29, 0.717) is 29.2 Å². The third-order valence-electron chi connectivity index (χ3n) is 5.01. The first-order chi connectivity index (χ1) is 13.1. The van der Waals surface area contributed by atoms with Crippen molar-refractivity contribution in [3.05, 3.63) is 47.0 Å². The minimum Gasteiger partial charge on any atom is -0.348 e. The smallest absolute Gasteiger partial charge is 0.266 e. The average Bonchev–Trinajstić information content (AvgIpc) is 3.17. The number of alkyl halides is 2. The van der Waals surface area contributed by atoms with Gasteiger partial charge in [-0.2, -0.15) is 0 Å². The van der Waals surface area contributed by atoms with Crippen LogP contribution in [0.4, 0.5) is 14.6 Å². The molecule has 1 saturated heterocycles. The molecule has 0 spiro atoms. The number of H-pyrrole nitrogens is 1. The topological polar surface area (TPSA) is 57.7 Å². The SMILES string of the molecule is Cc1ccc(Cc2nc3nc(C(C)(C)C)nc(N4CCC(F)(F)C4)c3[nH]2)cc1. The molecule has 0 aliphatic carbocycles. The van der Waals surface area contributed by atoms with Crippen molar-refractivity contribution < 1.29 is 8.78 Å². The molecular formula is C21H25F2N5. The Bertz CT molecular complexity index is 1000. The molecule has 3 aromatic rings. The lowest BCUT2D eigenvalue weighted by molar-refractivity contribution is 0.0257. The summed E-state index contributed by atoms with van der Waals surface area (Å²) >= 11 is 0. The van der Waals surface area contributed by atoms with Crippen LogP contribution in [0, 0.1) is 6.92 Å². The molecule has 1 aliphatic heterocycles. The van der Waals surface area contributed by atoms with Crippen molar-refractivity contribution in [1.29, 1.82) is 0 Å². The van der Waals surface area contributed by atoms with Gasteiger partial charge in [-0.25, -0.2) is 23.7 Å². The summed E-state index contributed by atoms with van der Waals surface area (Å²) < 4.78 is 27.7. The van der Waals surface area contributed by atoms with Gasteiger partial charge >= 0.3 is 0 Å². The number of aryl methyl sites for hydroxylation is 1. The average molecular weight is 385 g/mol. The number of hydrogen-bond donors (Lipinski definition) is 1. The number of imidazole rings is 1. The summed E-state index contributed by atoms with van der Waals surface area (Å²) in [4.78, 5) is 18.9. The Morgan fingerprint density at radius 3 is 2.43 bits per heavy atom. The van der Waals surface area contributed by atoms with Crippen LogP contribution in [0.15, 0.2) is 24.3 Å². The zero-order valence-corrected chi connectivity index (χ0v) is 16.7. The number of halogens is 2. The second-order valence-electron chi connectivity index (χ2n) is 8.69. The minimum atomic E-state index is -2.69. The molecule has 0 bridgehead atoms. The summed E-state index contributed by atoms with van der Waals surface area (Å²) in [5.41, 5.74) is 3.19. The van der Waals surface area contributed by atoms with E-state index in [1.807, 2.05) is 27.7 Å². The highest BCUT2D eigenvalue weighted by molar-refractivity contribution is 5.84. The molecule has 1 N–H and O–H groups in total. The highest BCUT2D eigenvalue weighted by Gasteiger charge is 2.40. The van der Waals surface area contributed by atoms with E-state index in [2.05, 4.69) is 44.2 Å². The van der Waals surface area contributed by atoms with Crippen molar-refractivity contribution >= 4 is 17.0 Å². The number of hydrogen-bond acceptors (Lipinski definition) is 4. The number of anilines is 1. The van der Waals surface area contributed by atoms with Crippen molar-refractivity contribution in [3.8, 4) is 0 Å². The van der Waals surface area contributed by atoms with Gasteiger partial charge in [-0.3, -0.25) is 0 Å². The maximum atomic E-state index is 13.8. The molecule has 0 saturated carbocycles. The van der Waals surface area contributed by atoms with Crippen LogP contribution in [0.1, 0.15) is 50.0 Å². The molecule has 0 amide bonds. The molecular weight excluding hydrogens is 360 g/mol. The predicted molar refractivity (Wildman–Crippen MR) is 106 cm³/mol. The van der Waals surface area contributed by atoms with Gasteiger partial charge in [0.2, 0.25) is 0 Å². The van der Waals surface area contributed by atoms with Crippen molar-refractivity contribution in [2.24, 2.45) is 0 Å². The van der Waals surface area contributed by atoms with Gasteiger partial charge in [0.15, 0.2) is 11.5 Å². The van der Waals surface area contributed by atoms with Gasteiger partial charge < -0.3 is 9.88 Å². The van der Waals surface area contributed by atoms with E-state index in [-0.39, 0.29) is 24.9 Å². The van der Waals surface area contributed by atoms with E-state index in [1.54, 1.807) is 4.90 Å². The Kier molecular flexibility index (Phi) is 4.36. The molecule has 0 atom stereocenters. The molecule has 0 radical (unpaired) electrons. The maximum absolute atomic E-state index is 13.8. The molecule has 28 heavy (non-hydrogen) atoms. The van der Waals surface area contributed by atoms with Gasteiger partial charge in [-0.1, -0.05) is 50.6 Å². The van der Waals surface area contributed by atoms with Crippen molar-refractivity contribution in [3.63, 3.8) is 0 Å². The zero-order chi connectivity index (χ0) is 20.1. The first-order valence-corrected chi connectivity index (χ1v) is 9.56. The maximum Gasteiger partial charge on any atom is 0.266 e. The third kappa shape index (κ3) is 3.70. The Morgan fingerprint density at radius 1 is 1.11 bits per heavy atom. The van der Waals surface area contributed by atoms with E-state index in [9.17, 15) is 8.78 Å². The van der Waals surface area contributed by atoms with Crippen LogP contribution in [-0.4, -0.2) is 38.9 Å². The normalized spacial score (nSPS) is 16.9. The van der Waals surface area contributed by atoms with Crippen LogP contribution in [0.3, 0.4) is 0 Å². The van der Waals surface area contributed by atoms with Gasteiger partial charge in [0.25, 0.3) is 5.92 Å². The van der Waals surface area contributed by atoms with Crippen LogP contribution in [-0.2, 0) is 11.8 Å². The summed E-state index contributed by atoms with van der Waals surface area (Å²) in [7, 11) is 0. The zero-order valence-electron chi connectivity index (χ0n) is 16.7. The molecule has 1 aromatic carbocycles. The minimum absolute atomic E-state index is 0.159. The van der Waals surface area contributed by atoms with E-state index in [1.165, 1.54) is 5.56 Å². The van der Waals surface area contributed by atoms with E-state index in [4.69, 9.17) is 0 Å². The Hall–Kier alpha value is -2.57. The largest absolute Gasteiger partial charge is 0.348 e. The number of benzene rings is 1. The number of aromatic amines is 1. The van der Waals surface area contributed by atoms with E-state index in [0.717, 1.165) is 11.4 Å². The lowest BCUT2D eigenvalue weighted by Gasteiger charge is -2.22. The van der Waals surface area contributed by atoms with Crippen LogP contribution >= 0.6 is 0 Å². The van der Waals surface area contributed by atoms with Gasteiger partial charge in [-0.05, 0) is 12.5 Å². The molecule has 7 heteroatoms. The fourth-order valence-corrected chi connectivity index (χ4v) is 3.39. The first-order valence-electron chi connectivity index (χ1n) is 9.56. The van der Waals surface area contributed by atoms with Gasteiger partial charge in [0.05, 0.1) is 6.54 Å². The molecule has 5 nitrogen and oxygen atoms in total. The molecule has 148 valence electrons. The van der Waals surface area contributed by atoms with Crippen molar-refractivity contribution in [2.45, 2.75) is 51.9 Å². The fourth-order valence-electron chi connectivity index (χ4n) is 3.39. The lowest BCUT2D eigenvalue weighted by Crippen LogP contribution is -2.27. The van der Waals surface area contributed by atoms with Gasteiger partial charge in [0, 0.05) is 24.8 Å². The van der Waals surface area contributed by atoms with Gasteiger partial charge in [0.1, 0.15) is 17.2 Å². The molecule has 1 fully saturated rings. The number of rotatable bonds is 3. The number of nitrogens with zero attached hydrogens (tertiary/aromatic N) is 4. The standard InChI is InChI=1S/C21H25F2N5/c1-13-5-7-14(8-6-13)11-15-24-16-17(25-15)26-19(20(2,3)4)27-18(16)28-10-9-21(22,23)12-28/h5-8H,9-12H2,1-4H3,(H,24,25,26,27). The second-order valence-corrected chi connectivity index (χ2v) is 8.69. The monoisotopic (exact) mass is 385 g/mol. The predicted octanol–water partition coefficient (Wildman–Crippen LogP) is 4.40. The molecule has 2 aromatic heterocycles. The van der Waals surface area contributed by atoms with Crippen molar-refractivity contribution in [2.75, 3.05) is 18.0 Å². The van der Waals surface area contributed by atoms with Crippen LogP contribution in [0.5, 0.6) is 0 Å². The summed E-state index contributed by atoms with van der Waals surface area (Å²) in [5, 5.41) is 0. The fraction of sp³-hybridized carbons (Fsp3) is 0.476.